The van der Waals surface area contributed by atoms with Gasteiger partial charge >= 0.3 is 12.4 Å². The molecule has 2 aromatic rings. The number of ether oxygens (including phenoxy) is 1. The first kappa shape index (κ1) is 14.6. The molecule has 0 bridgehead atoms. The van der Waals surface area contributed by atoms with Crippen LogP contribution in [0.4, 0.5) is 26.3 Å². The van der Waals surface area contributed by atoms with Gasteiger partial charge in [0.1, 0.15) is 5.75 Å². The van der Waals surface area contributed by atoms with E-state index in [9.17, 15) is 26.3 Å². The second-order valence-corrected chi connectivity index (χ2v) is 4.50. The third-order valence-electron chi connectivity index (χ3n) is 2.18. The number of alkyl halides is 6. The highest BCUT2D eigenvalue weighted by Gasteiger charge is 2.37. The molecule has 0 amide bonds. The third-order valence-corrected chi connectivity index (χ3v) is 2.82. The van der Waals surface area contributed by atoms with Gasteiger partial charge in [-0.1, -0.05) is 11.3 Å². The lowest BCUT2D eigenvalue weighted by Crippen LogP contribution is -2.10. The van der Waals surface area contributed by atoms with Crippen LogP contribution in [-0.4, -0.2) is 4.98 Å². The molecule has 0 radical (unpaired) electrons. The standard InChI is InChI=1S/C11H5F6NOS/c12-10(13,14)6-3-7(11(15,16)17)5-8(4-6)19-9-18-1-2-20-9/h1-5H. The zero-order valence-electron chi connectivity index (χ0n) is 9.42. The van der Waals surface area contributed by atoms with Gasteiger partial charge in [-0.2, -0.15) is 26.3 Å². The van der Waals surface area contributed by atoms with E-state index in [2.05, 4.69) is 4.98 Å². The summed E-state index contributed by atoms with van der Waals surface area (Å²) in [5.41, 5.74) is -2.86. The van der Waals surface area contributed by atoms with Gasteiger partial charge in [-0.05, 0) is 18.2 Å². The Balaban J connectivity index is 2.46. The van der Waals surface area contributed by atoms with Crippen LogP contribution in [0.2, 0.25) is 0 Å². The Labute approximate surface area is 112 Å². The van der Waals surface area contributed by atoms with Gasteiger partial charge in [-0.25, -0.2) is 4.98 Å². The van der Waals surface area contributed by atoms with Crippen molar-refractivity contribution in [1.82, 2.24) is 4.98 Å². The number of nitrogens with zero attached hydrogens (tertiary/aromatic N) is 1. The summed E-state index contributed by atoms with van der Waals surface area (Å²) >= 11 is 0.949. The van der Waals surface area contributed by atoms with E-state index in [1.807, 2.05) is 0 Å². The van der Waals surface area contributed by atoms with Crippen molar-refractivity contribution in [2.45, 2.75) is 12.4 Å². The fourth-order valence-electron chi connectivity index (χ4n) is 1.35. The number of halogens is 6. The van der Waals surface area contributed by atoms with Crippen molar-refractivity contribution in [3.8, 4) is 10.9 Å². The first-order valence-electron chi connectivity index (χ1n) is 5.03. The fourth-order valence-corrected chi connectivity index (χ4v) is 1.85. The summed E-state index contributed by atoms with van der Waals surface area (Å²) in [6.07, 6.45) is -8.48. The molecule has 0 unspecified atom stereocenters. The minimum Gasteiger partial charge on any atom is -0.431 e. The highest BCUT2D eigenvalue weighted by molar-refractivity contribution is 7.11. The number of hydrogen-bond acceptors (Lipinski definition) is 3. The number of aromatic nitrogens is 1. The molecule has 0 N–H and O–H groups in total. The van der Waals surface area contributed by atoms with E-state index >= 15 is 0 Å². The predicted molar refractivity (Wildman–Crippen MR) is 58.6 cm³/mol. The SMILES string of the molecule is FC(F)(F)c1cc(Oc2nccs2)cc(C(F)(F)F)c1. The molecule has 0 saturated carbocycles. The Morgan fingerprint density at radius 2 is 1.45 bits per heavy atom. The van der Waals surface area contributed by atoms with Gasteiger partial charge < -0.3 is 4.74 Å². The van der Waals surface area contributed by atoms with Crippen LogP contribution in [0.1, 0.15) is 11.1 Å². The van der Waals surface area contributed by atoms with Crippen molar-refractivity contribution in [3.63, 3.8) is 0 Å². The monoisotopic (exact) mass is 313 g/mol. The number of hydrogen-bond donors (Lipinski definition) is 0. The topological polar surface area (TPSA) is 22.1 Å². The van der Waals surface area contributed by atoms with Crippen LogP contribution in [-0.2, 0) is 12.4 Å². The second-order valence-electron chi connectivity index (χ2n) is 3.64. The van der Waals surface area contributed by atoms with Crippen LogP contribution in [0.3, 0.4) is 0 Å². The van der Waals surface area contributed by atoms with Crippen LogP contribution in [0.25, 0.3) is 0 Å². The van der Waals surface area contributed by atoms with E-state index in [0.29, 0.717) is 12.1 Å². The van der Waals surface area contributed by atoms with Crippen molar-refractivity contribution >= 4 is 11.3 Å². The van der Waals surface area contributed by atoms with Crippen molar-refractivity contribution in [2.24, 2.45) is 0 Å². The Kier molecular flexibility index (Phi) is 3.63. The van der Waals surface area contributed by atoms with E-state index < -0.39 is 29.2 Å². The van der Waals surface area contributed by atoms with E-state index in [-0.39, 0.29) is 11.3 Å². The third kappa shape index (κ3) is 3.41. The maximum absolute atomic E-state index is 12.6. The van der Waals surface area contributed by atoms with Gasteiger partial charge in [0.05, 0.1) is 11.1 Å². The second kappa shape index (κ2) is 4.97. The lowest BCUT2D eigenvalue weighted by atomic mass is 10.1. The average Bonchev–Trinajstić information content (AvgIpc) is 2.79. The van der Waals surface area contributed by atoms with Crippen LogP contribution in [0.5, 0.6) is 10.9 Å². The summed E-state index contributed by atoms with van der Waals surface area (Å²) in [5, 5.41) is 1.44. The molecule has 0 atom stereocenters. The van der Waals surface area contributed by atoms with E-state index in [0.717, 1.165) is 11.3 Å². The van der Waals surface area contributed by atoms with E-state index in [1.165, 1.54) is 11.6 Å². The van der Waals surface area contributed by atoms with Crippen LogP contribution < -0.4 is 4.74 Å². The minimum atomic E-state index is -4.90. The predicted octanol–water partition coefficient (Wildman–Crippen LogP) is 4.97. The lowest BCUT2D eigenvalue weighted by molar-refractivity contribution is -0.143. The van der Waals surface area contributed by atoms with Crippen molar-refractivity contribution < 1.29 is 31.1 Å². The van der Waals surface area contributed by atoms with Crippen molar-refractivity contribution in [3.05, 3.63) is 40.9 Å². The summed E-state index contributed by atoms with van der Waals surface area (Å²) in [7, 11) is 0. The van der Waals surface area contributed by atoms with Gasteiger partial charge in [-0.3, -0.25) is 0 Å². The number of benzene rings is 1. The van der Waals surface area contributed by atoms with Crippen LogP contribution in [0, 0.1) is 0 Å². The van der Waals surface area contributed by atoms with Crippen molar-refractivity contribution in [2.75, 3.05) is 0 Å². The maximum Gasteiger partial charge on any atom is 0.416 e. The number of rotatable bonds is 2. The molecule has 9 heteroatoms. The van der Waals surface area contributed by atoms with Gasteiger partial charge in [0.15, 0.2) is 0 Å². The molecular formula is C11H5F6NOS. The molecule has 0 saturated heterocycles. The fraction of sp³-hybridized carbons (Fsp3) is 0.182. The quantitative estimate of drug-likeness (QED) is 0.730. The molecule has 2 nitrogen and oxygen atoms in total. The molecule has 0 aliphatic rings. The maximum atomic E-state index is 12.6. The highest BCUT2D eigenvalue weighted by atomic mass is 32.1. The van der Waals surface area contributed by atoms with Crippen molar-refractivity contribution in [1.29, 1.82) is 0 Å². The van der Waals surface area contributed by atoms with Gasteiger partial charge in [-0.15, -0.1) is 0 Å². The molecule has 0 fully saturated rings. The Morgan fingerprint density at radius 3 is 1.85 bits per heavy atom. The Morgan fingerprint density at radius 1 is 0.900 bits per heavy atom. The molecule has 20 heavy (non-hydrogen) atoms. The summed E-state index contributed by atoms with van der Waals surface area (Å²) in [6.45, 7) is 0. The van der Waals surface area contributed by atoms with Gasteiger partial charge in [0.2, 0.25) is 0 Å². The zero-order valence-corrected chi connectivity index (χ0v) is 10.2. The lowest BCUT2D eigenvalue weighted by Gasteiger charge is -2.13. The molecule has 0 aliphatic heterocycles. The molecule has 1 aromatic carbocycles. The largest absolute Gasteiger partial charge is 0.431 e. The van der Waals surface area contributed by atoms with E-state index in [4.69, 9.17) is 4.74 Å². The van der Waals surface area contributed by atoms with E-state index in [1.54, 1.807) is 0 Å². The summed E-state index contributed by atoms with van der Waals surface area (Å²) in [4.78, 5) is 3.63. The van der Waals surface area contributed by atoms with Crippen LogP contribution >= 0.6 is 11.3 Å². The minimum absolute atomic E-state index is 0.0364. The molecule has 2 rings (SSSR count). The zero-order chi connectivity index (χ0) is 15.0. The molecular weight excluding hydrogens is 308 g/mol. The molecule has 1 heterocycles. The smallest absolute Gasteiger partial charge is 0.416 e. The normalized spacial score (nSPS) is 12.5. The summed E-state index contributed by atoms with van der Waals surface area (Å²) in [5.74, 6) is -0.568. The Hall–Kier alpha value is -1.77. The molecule has 1 aromatic heterocycles. The first-order valence-corrected chi connectivity index (χ1v) is 5.91. The summed E-state index contributed by atoms with van der Waals surface area (Å²) < 4.78 is 80.4. The van der Waals surface area contributed by atoms with Gasteiger partial charge in [0.25, 0.3) is 5.19 Å². The Bertz CT molecular complexity index is 558. The first-order chi connectivity index (χ1) is 9.16. The molecule has 0 aliphatic carbocycles. The molecule has 0 spiro atoms. The number of thiazole rings is 1. The average molecular weight is 313 g/mol. The highest BCUT2D eigenvalue weighted by Crippen LogP contribution is 2.39. The van der Waals surface area contributed by atoms with Crippen LogP contribution in [0.15, 0.2) is 29.8 Å². The molecule has 108 valence electrons. The summed E-state index contributed by atoms with van der Waals surface area (Å²) in [6, 6.07) is 1.03. The van der Waals surface area contributed by atoms with Gasteiger partial charge in [0, 0.05) is 11.6 Å².